The Hall–Kier alpha value is -2.83. The molecule has 0 saturated carbocycles. The number of carbonyl (C=O) groups is 1. The van der Waals surface area contributed by atoms with Crippen molar-refractivity contribution < 1.29 is 14.3 Å². The molecule has 7 heteroatoms. The summed E-state index contributed by atoms with van der Waals surface area (Å²) >= 11 is 0. The Morgan fingerprint density at radius 2 is 1.83 bits per heavy atom. The molecule has 2 rings (SSSR count). The van der Waals surface area contributed by atoms with Gasteiger partial charge in [-0.25, -0.2) is 0 Å². The first kappa shape index (κ1) is 17.5. The summed E-state index contributed by atoms with van der Waals surface area (Å²) in [7, 11) is 3.16. The lowest BCUT2D eigenvalue weighted by molar-refractivity contribution is 0.0943. The molecule has 0 radical (unpaired) electrons. The number of rotatable bonds is 7. The Bertz CT molecular complexity index is 687. The van der Waals surface area contributed by atoms with Crippen LogP contribution in [0.2, 0.25) is 0 Å². The fourth-order valence-electron chi connectivity index (χ4n) is 1.97. The summed E-state index contributed by atoms with van der Waals surface area (Å²) in [6, 6.07) is 8.76. The van der Waals surface area contributed by atoms with E-state index in [4.69, 9.17) is 9.47 Å². The van der Waals surface area contributed by atoms with Gasteiger partial charge in [0.1, 0.15) is 0 Å². The number of nitrogens with one attached hydrogen (secondary N) is 2. The molecule has 1 heterocycles. The van der Waals surface area contributed by atoms with Crippen LogP contribution in [0.15, 0.2) is 30.3 Å². The molecule has 1 amide bonds. The van der Waals surface area contributed by atoms with Gasteiger partial charge in [-0.3, -0.25) is 4.79 Å². The molecule has 0 aliphatic heterocycles. The maximum absolute atomic E-state index is 11.9. The van der Waals surface area contributed by atoms with E-state index in [1.54, 1.807) is 38.5 Å². The summed E-state index contributed by atoms with van der Waals surface area (Å²) < 4.78 is 10.5. The standard InChI is InChI=1S/C17H22N4O3/c1-11(2)10-18-17(22)13-6-8-16(21-20-13)19-12-5-7-14(23-3)15(9-12)24-4/h5-9,11H,10H2,1-4H3,(H,18,22)(H,19,21). The van der Waals surface area contributed by atoms with Crippen molar-refractivity contribution in [2.24, 2.45) is 5.92 Å². The summed E-state index contributed by atoms with van der Waals surface area (Å²) in [6.45, 7) is 4.66. The van der Waals surface area contributed by atoms with E-state index in [-0.39, 0.29) is 11.6 Å². The summed E-state index contributed by atoms with van der Waals surface area (Å²) in [5.74, 6) is 1.94. The lowest BCUT2D eigenvalue weighted by atomic mass is 10.2. The van der Waals surface area contributed by atoms with Crippen molar-refractivity contribution in [3.63, 3.8) is 0 Å². The molecule has 1 aromatic heterocycles. The summed E-state index contributed by atoms with van der Waals surface area (Å²) in [5, 5.41) is 13.9. The zero-order valence-electron chi connectivity index (χ0n) is 14.3. The molecule has 0 fully saturated rings. The predicted molar refractivity (Wildman–Crippen MR) is 92.0 cm³/mol. The van der Waals surface area contributed by atoms with Crippen LogP contribution in [-0.2, 0) is 0 Å². The maximum atomic E-state index is 11.9. The minimum Gasteiger partial charge on any atom is -0.493 e. The van der Waals surface area contributed by atoms with Crippen LogP contribution in [0.1, 0.15) is 24.3 Å². The van der Waals surface area contributed by atoms with Crippen LogP contribution in [0.5, 0.6) is 11.5 Å². The molecule has 128 valence electrons. The van der Waals surface area contributed by atoms with E-state index in [2.05, 4.69) is 20.8 Å². The highest BCUT2D eigenvalue weighted by Gasteiger charge is 2.09. The monoisotopic (exact) mass is 330 g/mol. The van der Waals surface area contributed by atoms with Crippen LogP contribution in [0.4, 0.5) is 11.5 Å². The molecule has 7 nitrogen and oxygen atoms in total. The van der Waals surface area contributed by atoms with Gasteiger partial charge >= 0.3 is 0 Å². The van der Waals surface area contributed by atoms with Crippen LogP contribution in [0.25, 0.3) is 0 Å². The lowest BCUT2D eigenvalue weighted by Crippen LogP contribution is -2.28. The van der Waals surface area contributed by atoms with Crippen LogP contribution < -0.4 is 20.1 Å². The Balaban J connectivity index is 2.05. The van der Waals surface area contributed by atoms with Crippen LogP contribution in [0.3, 0.4) is 0 Å². The normalized spacial score (nSPS) is 10.4. The molecule has 2 aromatic rings. The van der Waals surface area contributed by atoms with Gasteiger partial charge in [0.25, 0.3) is 5.91 Å². The average molecular weight is 330 g/mol. The number of methoxy groups -OCH3 is 2. The van der Waals surface area contributed by atoms with Crippen molar-refractivity contribution in [1.82, 2.24) is 15.5 Å². The van der Waals surface area contributed by atoms with Crippen LogP contribution in [-0.4, -0.2) is 36.9 Å². The summed E-state index contributed by atoms with van der Waals surface area (Å²) in [6.07, 6.45) is 0. The molecule has 0 aliphatic rings. The fourth-order valence-corrected chi connectivity index (χ4v) is 1.97. The van der Waals surface area contributed by atoms with Gasteiger partial charge in [0.2, 0.25) is 0 Å². The zero-order valence-corrected chi connectivity index (χ0v) is 14.3. The van der Waals surface area contributed by atoms with E-state index >= 15 is 0 Å². The Labute approximate surface area is 141 Å². The van der Waals surface area contributed by atoms with Gasteiger partial charge in [-0.2, -0.15) is 0 Å². The largest absolute Gasteiger partial charge is 0.493 e. The zero-order chi connectivity index (χ0) is 17.5. The second-order valence-corrected chi connectivity index (χ2v) is 5.60. The quantitative estimate of drug-likeness (QED) is 0.812. The van der Waals surface area contributed by atoms with Crippen LogP contribution >= 0.6 is 0 Å². The number of ether oxygens (including phenoxy) is 2. The topological polar surface area (TPSA) is 85.4 Å². The summed E-state index contributed by atoms with van der Waals surface area (Å²) in [5.41, 5.74) is 1.06. The molecule has 1 aromatic carbocycles. The van der Waals surface area contributed by atoms with E-state index in [9.17, 15) is 4.79 Å². The Kier molecular flexibility index (Phi) is 5.95. The number of hydrogen-bond donors (Lipinski definition) is 2. The predicted octanol–water partition coefficient (Wildman–Crippen LogP) is 2.62. The third-order valence-electron chi connectivity index (χ3n) is 3.22. The van der Waals surface area contributed by atoms with Crippen LogP contribution in [0, 0.1) is 5.92 Å². The molecule has 0 spiro atoms. The number of nitrogens with zero attached hydrogens (tertiary/aromatic N) is 2. The smallest absolute Gasteiger partial charge is 0.271 e. The van der Waals surface area contributed by atoms with Gasteiger partial charge in [0.15, 0.2) is 23.0 Å². The van der Waals surface area contributed by atoms with Gasteiger partial charge in [0, 0.05) is 18.3 Å². The number of hydrogen-bond acceptors (Lipinski definition) is 6. The molecular weight excluding hydrogens is 308 g/mol. The highest BCUT2D eigenvalue weighted by Crippen LogP contribution is 2.30. The number of benzene rings is 1. The molecule has 24 heavy (non-hydrogen) atoms. The van der Waals surface area contributed by atoms with E-state index in [0.717, 1.165) is 5.69 Å². The number of carbonyl (C=O) groups excluding carboxylic acids is 1. The van der Waals surface area contributed by atoms with E-state index in [1.807, 2.05) is 19.9 Å². The third-order valence-corrected chi connectivity index (χ3v) is 3.22. The Morgan fingerprint density at radius 3 is 2.42 bits per heavy atom. The molecule has 2 N–H and O–H groups in total. The first-order valence-corrected chi connectivity index (χ1v) is 7.64. The Morgan fingerprint density at radius 1 is 1.08 bits per heavy atom. The summed E-state index contributed by atoms with van der Waals surface area (Å²) in [4.78, 5) is 11.9. The van der Waals surface area contributed by atoms with E-state index < -0.39 is 0 Å². The number of aromatic nitrogens is 2. The first-order chi connectivity index (χ1) is 11.5. The van der Waals surface area contributed by atoms with Gasteiger partial charge < -0.3 is 20.1 Å². The minimum atomic E-state index is -0.228. The van der Waals surface area contributed by atoms with Crippen molar-refractivity contribution in [3.05, 3.63) is 36.0 Å². The van der Waals surface area contributed by atoms with Crippen molar-refractivity contribution in [2.45, 2.75) is 13.8 Å². The molecule has 0 aliphatic carbocycles. The number of amides is 1. The van der Waals surface area contributed by atoms with Crippen molar-refractivity contribution >= 4 is 17.4 Å². The van der Waals surface area contributed by atoms with E-state index in [1.165, 1.54) is 0 Å². The van der Waals surface area contributed by atoms with Crippen molar-refractivity contribution in [2.75, 3.05) is 26.1 Å². The highest BCUT2D eigenvalue weighted by atomic mass is 16.5. The van der Waals surface area contributed by atoms with Crippen molar-refractivity contribution in [1.29, 1.82) is 0 Å². The molecule has 0 atom stereocenters. The number of anilines is 2. The first-order valence-electron chi connectivity index (χ1n) is 7.64. The fraction of sp³-hybridized carbons (Fsp3) is 0.353. The van der Waals surface area contributed by atoms with E-state index in [0.29, 0.717) is 29.8 Å². The second-order valence-electron chi connectivity index (χ2n) is 5.60. The lowest BCUT2D eigenvalue weighted by Gasteiger charge is -2.11. The molecule has 0 unspecified atom stereocenters. The highest BCUT2D eigenvalue weighted by molar-refractivity contribution is 5.92. The molecular formula is C17H22N4O3. The maximum Gasteiger partial charge on any atom is 0.271 e. The SMILES string of the molecule is COc1ccc(Nc2ccc(C(=O)NCC(C)C)nn2)cc1OC. The second kappa shape index (κ2) is 8.14. The van der Waals surface area contributed by atoms with Gasteiger partial charge in [-0.05, 0) is 30.2 Å². The molecule has 0 saturated heterocycles. The average Bonchev–Trinajstić information content (AvgIpc) is 2.60. The van der Waals surface area contributed by atoms with Gasteiger partial charge in [0.05, 0.1) is 14.2 Å². The van der Waals surface area contributed by atoms with Crippen molar-refractivity contribution in [3.8, 4) is 11.5 Å². The third kappa shape index (κ3) is 4.58. The molecule has 0 bridgehead atoms. The van der Waals surface area contributed by atoms with Gasteiger partial charge in [-0.1, -0.05) is 13.8 Å². The minimum absolute atomic E-state index is 0.228. The van der Waals surface area contributed by atoms with Gasteiger partial charge in [-0.15, -0.1) is 10.2 Å².